The van der Waals surface area contributed by atoms with E-state index < -0.39 is 23.4 Å². The van der Waals surface area contributed by atoms with Crippen LogP contribution in [0.4, 0.5) is 5.69 Å². The number of amides is 1. The summed E-state index contributed by atoms with van der Waals surface area (Å²) in [6, 6.07) is 14.8. The number of esters is 1. The summed E-state index contributed by atoms with van der Waals surface area (Å²) in [5.41, 5.74) is 2.68. The maximum Gasteiger partial charge on any atom is 0.345 e. The van der Waals surface area contributed by atoms with Gasteiger partial charge in [-0.2, -0.15) is 5.10 Å². The number of hydrogen-bond acceptors (Lipinski definition) is 8. The van der Waals surface area contributed by atoms with E-state index in [0.29, 0.717) is 17.2 Å². The van der Waals surface area contributed by atoms with E-state index in [0.717, 1.165) is 0 Å². The quantitative estimate of drug-likeness (QED) is 0.127. The minimum Gasteiger partial charge on any atom is -0.490 e. The molecule has 0 radical (unpaired) electrons. The summed E-state index contributed by atoms with van der Waals surface area (Å²) >= 11 is 11.9. The number of rotatable bonds is 10. The van der Waals surface area contributed by atoms with Gasteiger partial charge in [-0.3, -0.25) is 14.9 Å². The lowest BCUT2D eigenvalue weighted by atomic mass is 10.2. The molecule has 1 N–H and O–H groups in total. The van der Waals surface area contributed by atoms with Crippen LogP contribution in [0.1, 0.15) is 22.8 Å². The first-order valence-corrected chi connectivity index (χ1v) is 11.2. The lowest BCUT2D eigenvalue weighted by molar-refractivity contribution is -0.385. The number of hydrazone groups is 1. The first-order valence-electron chi connectivity index (χ1n) is 10.4. The van der Waals surface area contributed by atoms with Crippen molar-refractivity contribution in [2.45, 2.75) is 6.92 Å². The van der Waals surface area contributed by atoms with Crippen molar-refractivity contribution in [3.05, 3.63) is 92.0 Å². The number of para-hydroxylation sites is 2. The van der Waals surface area contributed by atoms with Crippen LogP contribution in [0, 0.1) is 10.1 Å². The molecule has 0 bridgehead atoms. The molecule has 0 aromatic heterocycles. The zero-order valence-electron chi connectivity index (χ0n) is 18.8. The van der Waals surface area contributed by atoms with Crippen molar-refractivity contribution in [2.24, 2.45) is 5.10 Å². The van der Waals surface area contributed by atoms with E-state index in [9.17, 15) is 19.7 Å². The number of nitro groups is 1. The highest BCUT2D eigenvalue weighted by molar-refractivity contribution is 6.36. The summed E-state index contributed by atoms with van der Waals surface area (Å²) in [6.45, 7) is 1.58. The Morgan fingerprint density at radius 2 is 1.81 bits per heavy atom. The third kappa shape index (κ3) is 7.17. The van der Waals surface area contributed by atoms with Gasteiger partial charge in [0, 0.05) is 11.1 Å². The second kappa shape index (κ2) is 12.5. The fraction of sp³-hybridized carbons (Fsp3) is 0.125. The highest BCUT2D eigenvalue weighted by Crippen LogP contribution is 2.30. The zero-order valence-corrected chi connectivity index (χ0v) is 20.3. The van der Waals surface area contributed by atoms with Crippen LogP contribution in [0.2, 0.25) is 10.0 Å². The van der Waals surface area contributed by atoms with E-state index in [4.69, 9.17) is 37.4 Å². The van der Waals surface area contributed by atoms with Crippen molar-refractivity contribution in [2.75, 3.05) is 13.2 Å². The molecule has 0 aliphatic carbocycles. The summed E-state index contributed by atoms with van der Waals surface area (Å²) in [5.74, 6) is -0.921. The van der Waals surface area contributed by atoms with E-state index in [2.05, 4.69) is 10.5 Å². The Hall–Kier alpha value is -4.15. The summed E-state index contributed by atoms with van der Waals surface area (Å²) in [6.07, 6.45) is 1.34. The van der Waals surface area contributed by atoms with Crippen molar-refractivity contribution < 1.29 is 28.7 Å². The Labute approximate surface area is 215 Å². The maximum atomic E-state index is 12.5. The molecule has 0 heterocycles. The largest absolute Gasteiger partial charge is 0.490 e. The molecule has 186 valence electrons. The number of nitrogens with one attached hydrogen (secondary N) is 1. The molecule has 3 aromatic carbocycles. The van der Waals surface area contributed by atoms with E-state index >= 15 is 0 Å². The number of carbonyl (C=O) groups excluding carboxylic acids is 2. The Kier molecular flexibility index (Phi) is 9.20. The molecule has 0 unspecified atom stereocenters. The Morgan fingerprint density at radius 3 is 2.53 bits per heavy atom. The molecule has 1 amide bonds. The van der Waals surface area contributed by atoms with Crippen LogP contribution in [0.3, 0.4) is 0 Å². The fourth-order valence-corrected chi connectivity index (χ4v) is 3.34. The van der Waals surface area contributed by atoms with Crippen molar-refractivity contribution in [1.29, 1.82) is 0 Å². The SMILES string of the molecule is CCOc1cc(C=NNC(=O)COc2ccccc2[N+](=O)[O-])ccc1OC(=O)c1ccc(Cl)cc1Cl. The van der Waals surface area contributed by atoms with Gasteiger partial charge in [0.2, 0.25) is 0 Å². The van der Waals surface area contributed by atoms with Gasteiger partial charge in [0.1, 0.15) is 0 Å². The predicted octanol–water partition coefficient (Wildman–Crippen LogP) is 5.05. The molecular formula is C24H19Cl2N3O7. The van der Waals surface area contributed by atoms with Gasteiger partial charge in [0.25, 0.3) is 5.91 Å². The topological polar surface area (TPSA) is 129 Å². The van der Waals surface area contributed by atoms with Crippen LogP contribution in [-0.4, -0.2) is 36.2 Å². The Balaban J connectivity index is 1.62. The zero-order chi connectivity index (χ0) is 26.1. The molecule has 12 heteroatoms. The van der Waals surface area contributed by atoms with E-state index in [1.54, 1.807) is 25.1 Å². The maximum absolute atomic E-state index is 12.5. The summed E-state index contributed by atoms with van der Waals surface area (Å²) in [7, 11) is 0. The van der Waals surface area contributed by atoms with Gasteiger partial charge in [0.05, 0.1) is 28.3 Å². The second-order valence-electron chi connectivity index (χ2n) is 6.96. The van der Waals surface area contributed by atoms with E-state index in [1.807, 2.05) is 0 Å². The lowest BCUT2D eigenvalue weighted by Gasteiger charge is -2.12. The molecule has 0 saturated heterocycles. The molecule has 0 aliphatic heterocycles. The smallest absolute Gasteiger partial charge is 0.345 e. The standard InChI is InChI=1S/C24H19Cl2N3O7/c1-2-34-22-11-15(7-10-21(22)36-24(31)17-9-8-16(25)12-18(17)26)13-27-28-23(30)14-35-20-6-4-3-5-19(20)29(32)33/h3-13H,2,14H2,1H3,(H,28,30). The normalized spacial score (nSPS) is 10.6. The van der Waals surface area contributed by atoms with Crippen LogP contribution >= 0.6 is 23.2 Å². The molecule has 36 heavy (non-hydrogen) atoms. The first-order chi connectivity index (χ1) is 17.3. The van der Waals surface area contributed by atoms with Gasteiger partial charge in [-0.05, 0) is 55.0 Å². The van der Waals surface area contributed by atoms with Gasteiger partial charge in [-0.15, -0.1) is 0 Å². The fourth-order valence-electron chi connectivity index (χ4n) is 2.85. The van der Waals surface area contributed by atoms with Crippen molar-refractivity contribution in [1.82, 2.24) is 5.43 Å². The molecule has 0 atom stereocenters. The number of hydrogen-bond donors (Lipinski definition) is 1. The van der Waals surface area contributed by atoms with E-state index in [1.165, 1.54) is 48.7 Å². The molecular weight excluding hydrogens is 513 g/mol. The minimum atomic E-state index is -0.690. The Bertz CT molecular complexity index is 1310. The molecule has 0 fully saturated rings. The van der Waals surface area contributed by atoms with Crippen LogP contribution in [-0.2, 0) is 4.79 Å². The number of nitrogens with zero attached hydrogens (tertiary/aromatic N) is 2. The average molecular weight is 532 g/mol. The first kappa shape index (κ1) is 26.5. The highest BCUT2D eigenvalue weighted by Gasteiger charge is 2.17. The molecule has 10 nitrogen and oxygen atoms in total. The summed E-state index contributed by atoms with van der Waals surface area (Å²) in [5, 5.41) is 15.4. The van der Waals surface area contributed by atoms with Crippen LogP contribution in [0.25, 0.3) is 0 Å². The average Bonchev–Trinajstić information content (AvgIpc) is 2.84. The van der Waals surface area contributed by atoms with Crippen molar-refractivity contribution >= 4 is 47.0 Å². The molecule has 0 spiro atoms. The van der Waals surface area contributed by atoms with Gasteiger partial charge >= 0.3 is 11.7 Å². The third-order valence-corrected chi connectivity index (χ3v) is 4.99. The monoisotopic (exact) mass is 531 g/mol. The van der Waals surface area contributed by atoms with Crippen molar-refractivity contribution in [3.8, 4) is 17.2 Å². The van der Waals surface area contributed by atoms with Gasteiger partial charge in [-0.1, -0.05) is 35.3 Å². The van der Waals surface area contributed by atoms with Crippen molar-refractivity contribution in [3.63, 3.8) is 0 Å². The number of halogens is 2. The highest BCUT2D eigenvalue weighted by atomic mass is 35.5. The summed E-state index contributed by atoms with van der Waals surface area (Å²) < 4.78 is 16.2. The number of benzene rings is 3. The van der Waals surface area contributed by atoms with Crippen LogP contribution in [0.5, 0.6) is 17.2 Å². The molecule has 3 rings (SSSR count). The number of carbonyl (C=O) groups is 2. The Morgan fingerprint density at radius 1 is 1.03 bits per heavy atom. The number of ether oxygens (including phenoxy) is 3. The second-order valence-corrected chi connectivity index (χ2v) is 7.80. The van der Waals surface area contributed by atoms with Crippen LogP contribution in [0.15, 0.2) is 65.8 Å². The van der Waals surface area contributed by atoms with Gasteiger partial charge in [0.15, 0.2) is 23.9 Å². The third-order valence-electron chi connectivity index (χ3n) is 4.44. The predicted molar refractivity (Wildman–Crippen MR) is 133 cm³/mol. The molecule has 0 saturated carbocycles. The number of nitro benzene ring substituents is 1. The van der Waals surface area contributed by atoms with Gasteiger partial charge < -0.3 is 14.2 Å². The summed E-state index contributed by atoms with van der Waals surface area (Å²) in [4.78, 5) is 34.9. The molecule has 0 aliphatic rings. The van der Waals surface area contributed by atoms with Crippen LogP contribution < -0.4 is 19.6 Å². The van der Waals surface area contributed by atoms with E-state index in [-0.39, 0.29) is 33.5 Å². The minimum absolute atomic E-state index is 0.0343. The lowest BCUT2D eigenvalue weighted by Crippen LogP contribution is -2.24. The molecule has 3 aromatic rings. The van der Waals surface area contributed by atoms with Gasteiger partial charge in [-0.25, -0.2) is 10.2 Å².